The van der Waals surface area contributed by atoms with Crippen molar-refractivity contribution in [2.24, 2.45) is 5.34 Å². The van der Waals surface area contributed by atoms with Gasteiger partial charge in [0.05, 0.1) is 30.0 Å². The standard InChI is InChI=1S/C14H8BrFN6.C14H11BrFN5.FH.HNO2.Na/c15-12-6-18-13-14(19-12)22(21-20-13)7-9-4-8-2-1-3-17-11(8)5-10(9)16;15-12-7-19-13(17)14(21-12)20-6-9-4-8-2-1-3-18-11(8)5-10(9)16;;2-1-3;/h1-6H,7H2;1-5,7H,6H2,(H2,17,19)(H,20,21);1H;(H,2,3);/q;;;;+1/p-1. The molecule has 0 atom stereocenters. The van der Waals surface area contributed by atoms with Gasteiger partial charge in [0.25, 0.3) is 0 Å². The van der Waals surface area contributed by atoms with E-state index in [1.807, 2.05) is 24.3 Å². The third-order valence-corrected chi connectivity index (χ3v) is 7.04. The van der Waals surface area contributed by atoms with E-state index in [1.165, 1.54) is 23.0 Å². The van der Waals surface area contributed by atoms with E-state index in [0.717, 1.165) is 16.1 Å². The van der Waals surface area contributed by atoms with Crippen LogP contribution in [0.5, 0.6) is 0 Å². The maximum Gasteiger partial charge on any atom is 1.00 e. The zero-order chi connectivity index (χ0) is 32.6. The van der Waals surface area contributed by atoms with Gasteiger partial charge in [-0.3, -0.25) is 14.7 Å². The molecule has 7 rings (SSSR count). The number of halogens is 5. The van der Waals surface area contributed by atoms with Gasteiger partial charge < -0.3 is 21.2 Å². The van der Waals surface area contributed by atoms with Crippen molar-refractivity contribution in [3.8, 4) is 0 Å². The van der Waals surface area contributed by atoms with Crippen LogP contribution in [0.25, 0.3) is 33.1 Å². The summed E-state index contributed by atoms with van der Waals surface area (Å²) < 4.78 is 30.9. The summed E-state index contributed by atoms with van der Waals surface area (Å²) in [6, 6.07) is 13.8. The average molecular weight is 796 g/mol. The number of nitrogens with one attached hydrogen (secondary N) is 1. The number of fused-ring (bicyclic) bond motifs is 3. The molecule has 0 amide bonds. The van der Waals surface area contributed by atoms with Gasteiger partial charge in [-0.15, -0.1) is 10.4 Å². The number of anilines is 2. The summed E-state index contributed by atoms with van der Waals surface area (Å²) in [5.74, 6) is 0.0177. The zero-order valence-corrected chi connectivity index (χ0v) is 29.8. The van der Waals surface area contributed by atoms with Crippen LogP contribution in [0, 0.1) is 21.7 Å². The molecule has 0 saturated carbocycles. The Morgan fingerprint density at radius 2 is 1.44 bits per heavy atom. The van der Waals surface area contributed by atoms with Crippen molar-refractivity contribution in [3.05, 3.63) is 115 Å². The summed E-state index contributed by atoms with van der Waals surface area (Å²) in [6.07, 6.45) is 6.32. The van der Waals surface area contributed by atoms with Gasteiger partial charge >= 0.3 is 29.6 Å². The number of rotatable bonds is 5. The summed E-state index contributed by atoms with van der Waals surface area (Å²) in [4.78, 5) is 32.8. The SMILES string of the molecule is F.Fc1cc2ncccc2cc1Cn1nnc2ncc(Br)nc21.Nc1ncc(Br)nc1NCc1cc2cccnc2cc1F.O=N[O-].[Na+]. The summed E-state index contributed by atoms with van der Waals surface area (Å²) >= 11 is 6.48. The van der Waals surface area contributed by atoms with Crippen LogP contribution >= 0.6 is 31.9 Å². The molecule has 0 radical (unpaired) electrons. The van der Waals surface area contributed by atoms with Crippen LogP contribution in [-0.4, -0.2) is 44.9 Å². The fourth-order valence-electron chi connectivity index (χ4n) is 4.23. The van der Waals surface area contributed by atoms with Gasteiger partial charge in [0.1, 0.15) is 20.8 Å². The molecule has 0 aliphatic carbocycles. The second-order valence-corrected chi connectivity index (χ2v) is 10.8. The molecule has 0 saturated heterocycles. The smallest absolute Gasteiger partial charge is 0.444 e. The Bertz CT molecular complexity index is 2180. The van der Waals surface area contributed by atoms with Gasteiger partial charge in [-0.2, -0.15) is 0 Å². The van der Waals surface area contributed by atoms with Crippen LogP contribution in [0.1, 0.15) is 11.1 Å². The summed E-state index contributed by atoms with van der Waals surface area (Å²) in [5, 5.41) is 21.7. The third kappa shape index (κ3) is 9.34. The predicted molar refractivity (Wildman–Crippen MR) is 176 cm³/mol. The van der Waals surface area contributed by atoms with Gasteiger partial charge in [0.2, 0.25) is 5.65 Å². The molecule has 240 valence electrons. The van der Waals surface area contributed by atoms with Gasteiger partial charge in [-0.25, -0.2) is 33.4 Å². The zero-order valence-electron chi connectivity index (χ0n) is 24.6. The monoisotopic (exact) mass is 794 g/mol. The number of pyridine rings is 2. The van der Waals surface area contributed by atoms with Gasteiger partial charge in [-0.05, 0) is 56.1 Å². The van der Waals surface area contributed by atoms with Crippen molar-refractivity contribution in [2.45, 2.75) is 13.1 Å². The van der Waals surface area contributed by atoms with Crippen LogP contribution < -0.4 is 40.6 Å². The minimum Gasteiger partial charge on any atom is -0.444 e. The summed E-state index contributed by atoms with van der Waals surface area (Å²) in [7, 11) is 0. The van der Waals surface area contributed by atoms with Crippen LogP contribution in [0.15, 0.2) is 87.9 Å². The van der Waals surface area contributed by atoms with E-state index in [0.29, 0.717) is 48.5 Å². The molecule has 2 aromatic carbocycles. The van der Waals surface area contributed by atoms with Gasteiger partial charge in [-0.1, -0.05) is 17.3 Å². The average Bonchev–Trinajstić information content (AvgIpc) is 3.44. The Morgan fingerprint density at radius 1 is 0.875 bits per heavy atom. The molecular weight excluding hydrogens is 776 g/mol. The molecule has 0 fully saturated rings. The van der Waals surface area contributed by atoms with E-state index in [1.54, 1.807) is 30.7 Å². The third-order valence-electron chi connectivity index (χ3n) is 6.28. The summed E-state index contributed by atoms with van der Waals surface area (Å²) in [6.45, 7) is 0.476. The molecule has 0 aliphatic rings. The van der Waals surface area contributed by atoms with E-state index < -0.39 is 0 Å². The fourth-order valence-corrected chi connectivity index (χ4v) is 4.78. The maximum absolute atomic E-state index is 14.2. The molecule has 5 heterocycles. The first kappa shape index (κ1) is 38.0. The first-order chi connectivity index (χ1) is 22.2. The summed E-state index contributed by atoms with van der Waals surface area (Å²) in [5.41, 5.74) is 8.89. The van der Waals surface area contributed by atoms with Crippen molar-refractivity contribution in [3.63, 3.8) is 0 Å². The number of nitrogens with two attached hydrogens (primary N) is 1. The molecule has 0 spiro atoms. The van der Waals surface area contributed by atoms with Gasteiger partial charge in [0, 0.05) is 53.0 Å². The van der Waals surface area contributed by atoms with Crippen LogP contribution in [-0.2, 0) is 13.1 Å². The Labute approximate surface area is 307 Å². The molecular formula is C28H20Br2F3N12NaO2. The largest absolute Gasteiger partial charge is 1.00 e. The van der Waals surface area contributed by atoms with Crippen molar-refractivity contribution < 1.29 is 43.0 Å². The number of nitrogens with zero attached hydrogens (tertiary/aromatic N) is 10. The van der Waals surface area contributed by atoms with E-state index in [2.05, 4.69) is 77.4 Å². The predicted octanol–water partition coefficient (Wildman–Crippen LogP) is 3.25. The number of nitrogen functional groups attached to an aromatic ring is 1. The molecule has 48 heavy (non-hydrogen) atoms. The molecule has 14 nitrogen and oxygen atoms in total. The first-order valence-corrected chi connectivity index (χ1v) is 14.6. The minimum atomic E-state index is -0.335. The van der Waals surface area contributed by atoms with E-state index in [4.69, 9.17) is 15.8 Å². The van der Waals surface area contributed by atoms with Crippen molar-refractivity contribution in [1.29, 1.82) is 0 Å². The topological polar surface area (TPSA) is 199 Å². The molecule has 0 unspecified atom stereocenters. The number of hydrogen-bond acceptors (Lipinski definition) is 13. The van der Waals surface area contributed by atoms with Crippen molar-refractivity contribution >= 4 is 76.6 Å². The van der Waals surface area contributed by atoms with Crippen molar-refractivity contribution in [1.82, 2.24) is 44.9 Å². The van der Waals surface area contributed by atoms with E-state index >= 15 is 0 Å². The van der Waals surface area contributed by atoms with Crippen molar-refractivity contribution in [2.75, 3.05) is 11.1 Å². The molecule has 0 bridgehead atoms. The van der Waals surface area contributed by atoms with E-state index in [9.17, 15) is 8.78 Å². The minimum absolute atomic E-state index is 0. The van der Waals surface area contributed by atoms with E-state index in [-0.39, 0.29) is 64.8 Å². The first-order valence-electron chi connectivity index (χ1n) is 13.0. The Kier molecular flexibility index (Phi) is 14.0. The fraction of sp³-hybridized carbons (Fsp3) is 0.0714. The van der Waals surface area contributed by atoms with Crippen LogP contribution in [0.3, 0.4) is 0 Å². The Balaban J connectivity index is 0.000000232. The quantitative estimate of drug-likeness (QED) is 0.147. The Hall–Kier alpha value is -4.43. The van der Waals surface area contributed by atoms with Gasteiger partial charge in [0.15, 0.2) is 17.3 Å². The molecule has 0 aliphatic heterocycles. The second-order valence-electron chi connectivity index (χ2n) is 9.22. The molecule has 3 N–H and O–H groups in total. The normalized spacial score (nSPS) is 10.2. The van der Waals surface area contributed by atoms with Crippen LogP contribution in [0.4, 0.5) is 25.1 Å². The number of aromatic nitrogens is 9. The Morgan fingerprint density at radius 3 is 2.08 bits per heavy atom. The molecule has 7 aromatic rings. The number of benzene rings is 2. The molecule has 5 aromatic heterocycles. The maximum atomic E-state index is 14.2. The molecule has 20 heteroatoms. The second kappa shape index (κ2) is 17.6. The van der Waals surface area contributed by atoms with Crippen LogP contribution in [0.2, 0.25) is 0 Å². The number of hydrogen-bond donors (Lipinski definition) is 2.